The first kappa shape index (κ1) is 15.9. The second-order valence-corrected chi connectivity index (χ2v) is 5.84. The fourth-order valence-electron chi connectivity index (χ4n) is 2.66. The predicted octanol–water partition coefficient (Wildman–Crippen LogP) is 3.16. The topological polar surface area (TPSA) is 58.4 Å². The van der Waals surface area contributed by atoms with Gasteiger partial charge in [-0.2, -0.15) is 0 Å². The Kier molecular flexibility index (Phi) is 5.33. The second-order valence-electron chi connectivity index (χ2n) is 5.43. The van der Waals surface area contributed by atoms with Crippen LogP contribution in [0.25, 0.3) is 0 Å². The summed E-state index contributed by atoms with van der Waals surface area (Å²) in [5.41, 5.74) is 1.96. The number of benzene rings is 1. The van der Waals surface area contributed by atoms with E-state index in [1.165, 1.54) is 0 Å². The molecule has 1 N–H and O–H groups in total. The van der Waals surface area contributed by atoms with Gasteiger partial charge in [0.25, 0.3) is 5.69 Å². The van der Waals surface area contributed by atoms with E-state index in [4.69, 9.17) is 11.6 Å². The van der Waals surface area contributed by atoms with E-state index in [-0.39, 0.29) is 16.8 Å². The summed E-state index contributed by atoms with van der Waals surface area (Å²) in [5, 5.41) is 14.6. The first-order valence-electron chi connectivity index (χ1n) is 7.02. The summed E-state index contributed by atoms with van der Waals surface area (Å²) in [6.07, 6.45) is 0.790. The molecule has 1 aliphatic rings. The third-order valence-electron chi connectivity index (χ3n) is 3.69. The van der Waals surface area contributed by atoms with Crippen LogP contribution in [0.5, 0.6) is 0 Å². The molecule has 5 nitrogen and oxygen atoms in total. The molecule has 1 saturated heterocycles. The number of nitrogens with one attached hydrogen (secondary N) is 1. The number of rotatable bonds is 5. The van der Waals surface area contributed by atoms with E-state index in [0.717, 1.165) is 43.7 Å². The number of hydrogen-bond acceptors (Lipinski definition) is 4. The van der Waals surface area contributed by atoms with E-state index in [1.807, 2.05) is 13.0 Å². The number of nitro groups is 1. The Morgan fingerprint density at radius 1 is 1.52 bits per heavy atom. The van der Waals surface area contributed by atoms with Crippen molar-refractivity contribution >= 4 is 17.3 Å². The minimum absolute atomic E-state index is 0.0315. The molecule has 0 aliphatic carbocycles. The number of nitro benzene ring substituents is 1. The van der Waals surface area contributed by atoms with Crippen LogP contribution in [0.2, 0.25) is 5.02 Å². The molecule has 0 spiro atoms. The average Bonchev–Trinajstić information content (AvgIpc) is 2.46. The standard InChI is InChI=1S/C15H20ClN3O2/c1-11(2)9-14(18-7-5-17-6-8-18)12-3-4-13(16)15(10-12)19(20)21/h3-4,10,14,17H,1,5-9H2,2H3/t14-/m0/s1. The molecule has 21 heavy (non-hydrogen) atoms. The lowest BCUT2D eigenvalue weighted by Crippen LogP contribution is -2.45. The highest BCUT2D eigenvalue weighted by Gasteiger charge is 2.24. The van der Waals surface area contributed by atoms with Gasteiger partial charge in [-0.25, -0.2) is 0 Å². The monoisotopic (exact) mass is 309 g/mol. The lowest BCUT2D eigenvalue weighted by molar-refractivity contribution is -0.384. The molecule has 0 bridgehead atoms. The van der Waals surface area contributed by atoms with Gasteiger partial charge in [0, 0.05) is 38.3 Å². The van der Waals surface area contributed by atoms with E-state index in [2.05, 4.69) is 16.8 Å². The molecule has 1 atom stereocenters. The Hall–Kier alpha value is -1.43. The Morgan fingerprint density at radius 2 is 2.19 bits per heavy atom. The summed E-state index contributed by atoms with van der Waals surface area (Å²) in [6, 6.07) is 5.20. The molecule has 1 heterocycles. The molecule has 0 amide bonds. The second kappa shape index (κ2) is 7.02. The van der Waals surface area contributed by atoms with Gasteiger partial charge in [-0.1, -0.05) is 23.2 Å². The van der Waals surface area contributed by atoms with Crippen LogP contribution in [-0.4, -0.2) is 36.0 Å². The third-order valence-corrected chi connectivity index (χ3v) is 4.01. The highest BCUT2D eigenvalue weighted by molar-refractivity contribution is 6.32. The molecular weight excluding hydrogens is 290 g/mol. The van der Waals surface area contributed by atoms with Gasteiger partial charge in [0.2, 0.25) is 0 Å². The Labute approximate surface area is 129 Å². The molecule has 0 aromatic heterocycles. The van der Waals surface area contributed by atoms with Gasteiger partial charge in [-0.3, -0.25) is 15.0 Å². The zero-order chi connectivity index (χ0) is 15.4. The Morgan fingerprint density at radius 3 is 2.76 bits per heavy atom. The smallest absolute Gasteiger partial charge is 0.288 e. The molecule has 6 heteroatoms. The Bertz CT molecular complexity index is 542. The largest absolute Gasteiger partial charge is 0.314 e. The number of piperazine rings is 1. The first-order valence-corrected chi connectivity index (χ1v) is 7.40. The van der Waals surface area contributed by atoms with Crippen LogP contribution in [0, 0.1) is 10.1 Å². The zero-order valence-electron chi connectivity index (χ0n) is 12.1. The van der Waals surface area contributed by atoms with Gasteiger partial charge in [-0.05, 0) is 25.0 Å². The van der Waals surface area contributed by atoms with E-state index < -0.39 is 4.92 Å². The number of hydrogen-bond donors (Lipinski definition) is 1. The highest BCUT2D eigenvalue weighted by atomic mass is 35.5. The molecule has 114 valence electrons. The van der Waals surface area contributed by atoms with Crippen molar-refractivity contribution < 1.29 is 4.92 Å². The zero-order valence-corrected chi connectivity index (χ0v) is 12.9. The summed E-state index contributed by atoms with van der Waals surface area (Å²) in [7, 11) is 0. The SMILES string of the molecule is C=C(C)C[C@@H](c1ccc(Cl)c([N+](=O)[O-])c1)N1CCNCC1. The van der Waals surface area contributed by atoms with Crippen LogP contribution in [0.15, 0.2) is 30.4 Å². The van der Waals surface area contributed by atoms with E-state index >= 15 is 0 Å². The van der Waals surface area contributed by atoms with Gasteiger partial charge < -0.3 is 5.32 Å². The van der Waals surface area contributed by atoms with Crippen molar-refractivity contribution in [3.05, 3.63) is 51.1 Å². The van der Waals surface area contributed by atoms with Gasteiger partial charge in [-0.15, -0.1) is 6.58 Å². The van der Waals surface area contributed by atoms with Crippen molar-refractivity contribution in [2.75, 3.05) is 26.2 Å². The maximum absolute atomic E-state index is 11.1. The lowest BCUT2D eigenvalue weighted by Gasteiger charge is -2.35. The summed E-state index contributed by atoms with van der Waals surface area (Å²) < 4.78 is 0. The van der Waals surface area contributed by atoms with E-state index in [0.29, 0.717) is 0 Å². The van der Waals surface area contributed by atoms with Crippen molar-refractivity contribution in [1.29, 1.82) is 0 Å². The maximum atomic E-state index is 11.1. The van der Waals surface area contributed by atoms with Crippen molar-refractivity contribution in [2.45, 2.75) is 19.4 Å². The fourth-order valence-corrected chi connectivity index (χ4v) is 2.85. The molecule has 0 unspecified atom stereocenters. The van der Waals surface area contributed by atoms with E-state index in [9.17, 15) is 10.1 Å². The summed E-state index contributed by atoms with van der Waals surface area (Å²) in [4.78, 5) is 13.0. The average molecular weight is 310 g/mol. The van der Waals surface area contributed by atoms with Crippen LogP contribution in [0.3, 0.4) is 0 Å². The molecule has 0 saturated carbocycles. The molecule has 2 rings (SSSR count). The maximum Gasteiger partial charge on any atom is 0.288 e. The predicted molar refractivity (Wildman–Crippen MR) is 84.7 cm³/mol. The minimum atomic E-state index is -0.429. The molecule has 1 aliphatic heterocycles. The lowest BCUT2D eigenvalue weighted by atomic mass is 9.97. The van der Waals surface area contributed by atoms with Gasteiger partial charge in [0.15, 0.2) is 0 Å². The van der Waals surface area contributed by atoms with Gasteiger partial charge in [0.05, 0.1) is 4.92 Å². The first-order chi connectivity index (χ1) is 9.99. The van der Waals surface area contributed by atoms with Gasteiger partial charge >= 0.3 is 0 Å². The highest BCUT2D eigenvalue weighted by Crippen LogP contribution is 2.33. The van der Waals surface area contributed by atoms with Crippen LogP contribution < -0.4 is 5.32 Å². The number of halogens is 1. The summed E-state index contributed by atoms with van der Waals surface area (Å²) in [5.74, 6) is 0. The number of nitrogens with zero attached hydrogens (tertiary/aromatic N) is 2. The van der Waals surface area contributed by atoms with Crippen molar-refractivity contribution in [1.82, 2.24) is 10.2 Å². The van der Waals surface area contributed by atoms with Crippen molar-refractivity contribution in [2.24, 2.45) is 0 Å². The third kappa shape index (κ3) is 4.03. The van der Waals surface area contributed by atoms with E-state index in [1.54, 1.807) is 12.1 Å². The van der Waals surface area contributed by atoms with Gasteiger partial charge in [0.1, 0.15) is 5.02 Å². The summed E-state index contributed by atoms with van der Waals surface area (Å²) >= 11 is 5.90. The van der Waals surface area contributed by atoms with Crippen molar-refractivity contribution in [3.63, 3.8) is 0 Å². The summed E-state index contributed by atoms with van der Waals surface area (Å²) in [6.45, 7) is 9.69. The minimum Gasteiger partial charge on any atom is -0.314 e. The quantitative estimate of drug-likeness (QED) is 0.515. The van der Waals surface area contributed by atoms with Crippen LogP contribution in [-0.2, 0) is 0 Å². The molecule has 1 aromatic carbocycles. The molecular formula is C15H20ClN3O2. The molecule has 1 aromatic rings. The molecule has 0 radical (unpaired) electrons. The molecule has 1 fully saturated rings. The van der Waals surface area contributed by atoms with Crippen LogP contribution in [0.4, 0.5) is 5.69 Å². The van der Waals surface area contributed by atoms with Crippen LogP contribution in [0.1, 0.15) is 24.9 Å². The van der Waals surface area contributed by atoms with Crippen LogP contribution >= 0.6 is 11.6 Å². The fraction of sp³-hybridized carbons (Fsp3) is 0.467. The Balaban J connectivity index is 2.33. The van der Waals surface area contributed by atoms with Crippen molar-refractivity contribution in [3.8, 4) is 0 Å². The normalized spacial score (nSPS) is 17.4.